The average Bonchev–Trinajstić information content (AvgIpc) is 3.07. The van der Waals surface area contributed by atoms with E-state index in [4.69, 9.17) is 4.98 Å². The SMILES string of the molecule is c1ccc2c(c1)CCCN2c1nccc(NC2CCCC2)n1. The van der Waals surface area contributed by atoms with Gasteiger partial charge in [-0.15, -0.1) is 0 Å². The van der Waals surface area contributed by atoms with Gasteiger partial charge in [-0.3, -0.25) is 0 Å². The van der Waals surface area contributed by atoms with Gasteiger partial charge in [0.1, 0.15) is 5.82 Å². The number of hydrogen-bond donors (Lipinski definition) is 1. The zero-order valence-electron chi connectivity index (χ0n) is 12.8. The molecule has 1 saturated carbocycles. The maximum atomic E-state index is 4.76. The van der Waals surface area contributed by atoms with Crippen molar-refractivity contribution in [1.82, 2.24) is 9.97 Å². The van der Waals surface area contributed by atoms with Crippen LogP contribution < -0.4 is 10.2 Å². The van der Waals surface area contributed by atoms with E-state index in [1.165, 1.54) is 36.9 Å². The van der Waals surface area contributed by atoms with Crippen molar-refractivity contribution in [2.75, 3.05) is 16.8 Å². The predicted molar refractivity (Wildman–Crippen MR) is 89.7 cm³/mol. The Hall–Kier alpha value is -2.10. The summed E-state index contributed by atoms with van der Waals surface area (Å²) in [6.07, 6.45) is 9.34. The summed E-state index contributed by atoms with van der Waals surface area (Å²) in [7, 11) is 0. The molecule has 1 N–H and O–H groups in total. The van der Waals surface area contributed by atoms with Crippen LogP contribution in [-0.2, 0) is 6.42 Å². The zero-order valence-corrected chi connectivity index (χ0v) is 12.8. The molecule has 0 saturated heterocycles. The van der Waals surface area contributed by atoms with E-state index in [1.54, 1.807) is 0 Å². The monoisotopic (exact) mass is 294 g/mol. The van der Waals surface area contributed by atoms with Gasteiger partial charge < -0.3 is 10.2 Å². The van der Waals surface area contributed by atoms with Crippen molar-refractivity contribution in [2.45, 2.75) is 44.6 Å². The van der Waals surface area contributed by atoms with Gasteiger partial charge in [-0.2, -0.15) is 4.98 Å². The summed E-state index contributed by atoms with van der Waals surface area (Å²) in [6.45, 7) is 0.990. The molecule has 0 unspecified atom stereocenters. The van der Waals surface area contributed by atoms with Crippen LogP contribution in [-0.4, -0.2) is 22.6 Å². The highest BCUT2D eigenvalue weighted by Crippen LogP contribution is 2.31. The number of benzene rings is 1. The molecule has 0 amide bonds. The molecule has 1 aromatic carbocycles. The Bertz CT molecular complexity index is 649. The topological polar surface area (TPSA) is 41.1 Å². The molecular weight excluding hydrogens is 272 g/mol. The molecule has 114 valence electrons. The zero-order chi connectivity index (χ0) is 14.8. The lowest BCUT2D eigenvalue weighted by Gasteiger charge is -2.29. The van der Waals surface area contributed by atoms with E-state index < -0.39 is 0 Å². The van der Waals surface area contributed by atoms with E-state index >= 15 is 0 Å². The van der Waals surface area contributed by atoms with Crippen LogP contribution >= 0.6 is 0 Å². The van der Waals surface area contributed by atoms with E-state index in [2.05, 4.69) is 39.5 Å². The van der Waals surface area contributed by atoms with E-state index in [1.807, 2.05) is 12.3 Å². The van der Waals surface area contributed by atoms with E-state index in [9.17, 15) is 0 Å². The number of fused-ring (bicyclic) bond motifs is 1. The summed E-state index contributed by atoms with van der Waals surface area (Å²) in [5.74, 6) is 1.77. The van der Waals surface area contributed by atoms with Crippen molar-refractivity contribution in [2.24, 2.45) is 0 Å². The number of hydrogen-bond acceptors (Lipinski definition) is 4. The fourth-order valence-corrected chi connectivity index (χ4v) is 3.58. The fraction of sp³-hybridized carbons (Fsp3) is 0.444. The fourth-order valence-electron chi connectivity index (χ4n) is 3.58. The first kappa shape index (κ1) is 13.6. The van der Waals surface area contributed by atoms with Gasteiger partial charge in [0.05, 0.1) is 0 Å². The molecule has 1 aliphatic heterocycles. The molecule has 2 aliphatic rings. The minimum absolute atomic E-state index is 0.580. The van der Waals surface area contributed by atoms with Gasteiger partial charge in [-0.05, 0) is 43.4 Å². The van der Waals surface area contributed by atoms with Crippen molar-refractivity contribution in [3.63, 3.8) is 0 Å². The molecule has 4 heteroatoms. The van der Waals surface area contributed by atoms with Crippen molar-refractivity contribution in [3.05, 3.63) is 42.1 Å². The number of nitrogens with one attached hydrogen (secondary N) is 1. The second-order valence-corrected chi connectivity index (χ2v) is 6.25. The number of rotatable bonds is 3. The van der Waals surface area contributed by atoms with Gasteiger partial charge in [-0.1, -0.05) is 31.0 Å². The third-order valence-electron chi connectivity index (χ3n) is 4.70. The summed E-state index contributed by atoms with van der Waals surface area (Å²) < 4.78 is 0. The van der Waals surface area contributed by atoms with Gasteiger partial charge in [0, 0.05) is 24.5 Å². The van der Waals surface area contributed by atoms with Crippen molar-refractivity contribution in [1.29, 1.82) is 0 Å². The highest BCUT2D eigenvalue weighted by Gasteiger charge is 2.20. The van der Waals surface area contributed by atoms with Crippen LogP contribution in [0.2, 0.25) is 0 Å². The Morgan fingerprint density at radius 2 is 1.91 bits per heavy atom. The average molecular weight is 294 g/mol. The largest absolute Gasteiger partial charge is 0.367 e. The van der Waals surface area contributed by atoms with E-state index in [0.29, 0.717) is 6.04 Å². The quantitative estimate of drug-likeness (QED) is 0.931. The van der Waals surface area contributed by atoms with Crippen LogP contribution in [0.15, 0.2) is 36.5 Å². The predicted octanol–water partition coefficient (Wildman–Crippen LogP) is 3.92. The molecule has 4 rings (SSSR count). The van der Waals surface area contributed by atoms with E-state index in [0.717, 1.165) is 31.2 Å². The maximum absolute atomic E-state index is 4.76. The number of aryl methyl sites for hydroxylation is 1. The standard InChI is InChI=1S/C18H22N4/c1-4-10-16-14(6-1)7-5-13-22(16)18-19-12-11-17(21-18)20-15-8-2-3-9-15/h1,4,6,10-12,15H,2-3,5,7-9,13H2,(H,19,20,21). The second kappa shape index (κ2) is 5.95. The number of anilines is 3. The summed E-state index contributed by atoms with van der Waals surface area (Å²) >= 11 is 0. The number of para-hydroxylation sites is 1. The maximum Gasteiger partial charge on any atom is 0.231 e. The first-order chi connectivity index (χ1) is 10.9. The minimum atomic E-state index is 0.580. The molecule has 2 aromatic rings. The Morgan fingerprint density at radius 3 is 2.82 bits per heavy atom. The van der Waals surface area contributed by atoms with Crippen LogP contribution in [0.3, 0.4) is 0 Å². The van der Waals surface area contributed by atoms with Crippen LogP contribution in [0.1, 0.15) is 37.7 Å². The van der Waals surface area contributed by atoms with Gasteiger partial charge >= 0.3 is 0 Å². The van der Waals surface area contributed by atoms with Crippen molar-refractivity contribution in [3.8, 4) is 0 Å². The molecule has 22 heavy (non-hydrogen) atoms. The Labute approximate surface area is 131 Å². The first-order valence-electron chi connectivity index (χ1n) is 8.35. The molecule has 0 radical (unpaired) electrons. The van der Waals surface area contributed by atoms with Gasteiger partial charge in [0.25, 0.3) is 0 Å². The Kier molecular flexibility index (Phi) is 3.67. The van der Waals surface area contributed by atoms with Gasteiger partial charge in [0.15, 0.2) is 0 Å². The molecule has 0 atom stereocenters. The first-order valence-corrected chi connectivity index (χ1v) is 8.35. The van der Waals surface area contributed by atoms with Crippen molar-refractivity contribution < 1.29 is 0 Å². The van der Waals surface area contributed by atoms with Crippen LogP contribution in [0.5, 0.6) is 0 Å². The molecule has 0 spiro atoms. The van der Waals surface area contributed by atoms with Crippen LogP contribution in [0.4, 0.5) is 17.5 Å². The van der Waals surface area contributed by atoms with Gasteiger partial charge in [0.2, 0.25) is 5.95 Å². The summed E-state index contributed by atoms with van der Waals surface area (Å²) in [5, 5.41) is 3.57. The molecule has 2 heterocycles. The van der Waals surface area contributed by atoms with E-state index in [-0.39, 0.29) is 0 Å². The third-order valence-corrected chi connectivity index (χ3v) is 4.70. The summed E-state index contributed by atoms with van der Waals surface area (Å²) in [4.78, 5) is 11.5. The number of nitrogens with zero attached hydrogens (tertiary/aromatic N) is 3. The summed E-state index contributed by atoms with van der Waals surface area (Å²) in [6, 6.07) is 11.2. The Morgan fingerprint density at radius 1 is 1.05 bits per heavy atom. The lowest BCUT2D eigenvalue weighted by molar-refractivity contribution is 0.738. The molecule has 4 nitrogen and oxygen atoms in total. The molecule has 1 aromatic heterocycles. The molecular formula is C18H22N4. The lowest BCUT2D eigenvalue weighted by atomic mass is 10.0. The van der Waals surface area contributed by atoms with Crippen LogP contribution in [0, 0.1) is 0 Å². The third kappa shape index (κ3) is 2.65. The molecule has 1 fully saturated rings. The summed E-state index contributed by atoms with van der Waals surface area (Å²) in [5.41, 5.74) is 2.65. The molecule has 1 aliphatic carbocycles. The molecule has 0 bridgehead atoms. The lowest BCUT2D eigenvalue weighted by Crippen LogP contribution is -2.26. The Balaban J connectivity index is 1.60. The highest BCUT2D eigenvalue weighted by atomic mass is 15.3. The highest BCUT2D eigenvalue weighted by molar-refractivity contribution is 5.64. The van der Waals surface area contributed by atoms with Gasteiger partial charge in [-0.25, -0.2) is 4.98 Å². The second-order valence-electron chi connectivity index (χ2n) is 6.25. The normalized spacial score (nSPS) is 18.3. The number of aromatic nitrogens is 2. The van der Waals surface area contributed by atoms with Crippen LogP contribution in [0.25, 0.3) is 0 Å². The smallest absolute Gasteiger partial charge is 0.231 e. The minimum Gasteiger partial charge on any atom is -0.367 e. The van der Waals surface area contributed by atoms with Crippen molar-refractivity contribution >= 4 is 17.5 Å².